The number of imide groups is 1. The van der Waals surface area contributed by atoms with Crippen molar-refractivity contribution in [3.63, 3.8) is 0 Å². The lowest BCUT2D eigenvalue weighted by atomic mass is 10.1. The lowest BCUT2D eigenvalue weighted by Gasteiger charge is -2.25. The van der Waals surface area contributed by atoms with Crippen LogP contribution in [-0.4, -0.2) is 47.9 Å². The van der Waals surface area contributed by atoms with Crippen LogP contribution in [0.2, 0.25) is 0 Å². The molecule has 0 aliphatic carbocycles. The molecule has 0 spiro atoms. The number of likely N-dealkylation sites (tertiary alicyclic amines) is 1. The van der Waals surface area contributed by atoms with Gasteiger partial charge in [-0.1, -0.05) is 37.3 Å². The zero-order valence-corrected chi connectivity index (χ0v) is 16.4. The van der Waals surface area contributed by atoms with Gasteiger partial charge < -0.3 is 15.0 Å². The van der Waals surface area contributed by atoms with Crippen molar-refractivity contribution in [2.45, 2.75) is 45.7 Å². The zero-order valence-electron chi connectivity index (χ0n) is 16.4. The maximum absolute atomic E-state index is 12.3. The van der Waals surface area contributed by atoms with Gasteiger partial charge in [0.25, 0.3) is 5.91 Å². The van der Waals surface area contributed by atoms with Crippen LogP contribution in [0.4, 0.5) is 4.79 Å². The fourth-order valence-corrected chi connectivity index (χ4v) is 2.95. The van der Waals surface area contributed by atoms with Gasteiger partial charge in [-0.3, -0.25) is 19.7 Å². The molecule has 1 fully saturated rings. The van der Waals surface area contributed by atoms with Crippen molar-refractivity contribution in [3.8, 4) is 0 Å². The maximum Gasteiger partial charge on any atom is 0.321 e. The summed E-state index contributed by atoms with van der Waals surface area (Å²) in [7, 11) is 0. The first-order valence-electron chi connectivity index (χ1n) is 9.43. The smallest absolute Gasteiger partial charge is 0.321 e. The quantitative estimate of drug-likeness (QED) is 0.692. The Labute approximate surface area is 164 Å². The fraction of sp³-hybridized carbons (Fsp3) is 0.500. The number of amides is 4. The molecule has 0 aromatic heterocycles. The summed E-state index contributed by atoms with van der Waals surface area (Å²) >= 11 is 0. The molecule has 1 aliphatic heterocycles. The van der Waals surface area contributed by atoms with E-state index in [2.05, 4.69) is 10.6 Å². The van der Waals surface area contributed by atoms with Gasteiger partial charge in [0.05, 0.1) is 12.0 Å². The minimum atomic E-state index is -0.715. The second-order valence-corrected chi connectivity index (χ2v) is 6.97. The SMILES string of the molecule is CC[C@@H](C)NC(=O)NC(=O)COC(=O)[C@H]1CC(=O)N([C@@H](C)c2ccccc2)C1. The Bertz CT molecular complexity index is 722. The van der Waals surface area contributed by atoms with Gasteiger partial charge in [-0.25, -0.2) is 4.79 Å². The summed E-state index contributed by atoms with van der Waals surface area (Å²) < 4.78 is 4.99. The Morgan fingerprint density at radius 1 is 1.21 bits per heavy atom. The van der Waals surface area contributed by atoms with Crippen molar-refractivity contribution in [2.24, 2.45) is 5.92 Å². The molecule has 0 radical (unpaired) electrons. The third-order valence-electron chi connectivity index (χ3n) is 4.83. The number of urea groups is 1. The normalized spacial score (nSPS) is 18.3. The molecule has 0 unspecified atom stereocenters. The summed E-state index contributed by atoms with van der Waals surface area (Å²) in [6.07, 6.45) is 0.774. The molecule has 1 aliphatic rings. The Morgan fingerprint density at radius 2 is 1.89 bits per heavy atom. The van der Waals surface area contributed by atoms with E-state index in [0.717, 1.165) is 12.0 Å². The molecule has 1 aromatic rings. The molecule has 1 aromatic carbocycles. The summed E-state index contributed by atoms with van der Waals surface area (Å²) in [5.41, 5.74) is 0.983. The van der Waals surface area contributed by atoms with E-state index in [-0.39, 0.29) is 31.0 Å². The number of esters is 1. The van der Waals surface area contributed by atoms with Crippen LogP contribution in [0.3, 0.4) is 0 Å². The largest absolute Gasteiger partial charge is 0.455 e. The van der Waals surface area contributed by atoms with E-state index in [1.165, 1.54) is 0 Å². The minimum absolute atomic E-state index is 0.0477. The number of hydrogen-bond donors (Lipinski definition) is 2. The van der Waals surface area contributed by atoms with E-state index >= 15 is 0 Å². The second-order valence-electron chi connectivity index (χ2n) is 6.97. The molecule has 152 valence electrons. The molecule has 0 saturated carbocycles. The van der Waals surface area contributed by atoms with E-state index < -0.39 is 30.4 Å². The zero-order chi connectivity index (χ0) is 20.7. The summed E-state index contributed by atoms with van der Waals surface area (Å²) in [5.74, 6) is -2.09. The van der Waals surface area contributed by atoms with Gasteiger partial charge in [0.1, 0.15) is 0 Å². The number of rotatable bonds is 7. The van der Waals surface area contributed by atoms with Gasteiger partial charge in [0.15, 0.2) is 6.61 Å². The summed E-state index contributed by atoms with van der Waals surface area (Å²) in [5, 5.41) is 4.68. The Hall–Kier alpha value is -2.90. The number of hydrogen-bond acceptors (Lipinski definition) is 5. The first-order chi connectivity index (χ1) is 13.3. The molecular weight excluding hydrogens is 362 g/mol. The molecular formula is C20H27N3O5. The lowest BCUT2D eigenvalue weighted by Crippen LogP contribution is -2.44. The number of nitrogens with zero attached hydrogens (tertiary/aromatic N) is 1. The highest BCUT2D eigenvalue weighted by Gasteiger charge is 2.38. The first kappa shape index (κ1) is 21.4. The topological polar surface area (TPSA) is 105 Å². The third kappa shape index (κ3) is 5.80. The van der Waals surface area contributed by atoms with Crippen molar-refractivity contribution in [1.29, 1.82) is 0 Å². The molecule has 28 heavy (non-hydrogen) atoms. The standard InChI is InChI=1S/C20H27N3O5/c1-4-13(2)21-20(27)22-17(24)12-28-19(26)16-10-18(25)23(11-16)14(3)15-8-6-5-7-9-15/h5-9,13-14,16H,4,10-12H2,1-3H3,(H2,21,22,24,27)/t13-,14+,16+/m1/s1. The molecule has 8 nitrogen and oxygen atoms in total. The average molecular weight is 389 g/mol. The molecule has 1 saturated heterocycles. The highest BCUT2D eigenvalue weighted by molar-refractivity contribution is 5.96. The fourth-order valence-electron chi connectivity index (χ4n) is 2.95. The van der Waals surface area contributed by atoms with E-state index in [1.807, 2.05) is 51.1 Å². The molecule has 1 heterocycles. The molecule has 3 atom stereocenters. The number of carbonyl (C=O) groups is 4. The van der Waals surface area contributed by atoms with Crippen LogP contribution in [0.25, 0.3) is 0 Å². The van der Waals surface area contributed by atoms with Gasteiger partial charge in [0.2, 0.25) is 5.91 Å². The summed E-state index contributed by atoms with van der Waals surface area (Å²) in [6, 6.07) is 8.70. The van der Waals surface area contributed by atoms with Crippen LogP contribution < -0.4 is 10.6 Å². The maximum atomic E-state index is 12.3. The summed E-state index contributed by atoms with van der Waals surface area (Å²) in [4.78, 5) is 49.5. The van der Waals surface area contributed by atoms with Gasteiger partial charge in [-0.2, -0.15) is 0 Å². The van der Waals surface area contributed by atoms with E-state index in [9.17, 15) is 19.2 Å². The lowest BCUT2D eigenvalue weighted by molar-refractivity contribution is -0.152. The van der Waals surface area contributed by atoms with Crippen molar-refractivity contribution in [2.75, 3.05) is 13.2 Å². The predicted molar refractivity (Wildman–Crippen MR) is 102 cm³/mol. The predicted octanol–water partition coefficient (Wildman–Crippen LogP) is 1.76. The van der Waals surface area contributed by atoms with Crippen molar-refractivity contribution in [1.82, 2.24) is 15.5 Å². The van der Waals surface area contributed by atoms with Crippen LogP contribution in [0.1, 0.15) is 45.2 Å². The van der Waals surface area contributed by atoms with E-state index in [4.69, 9.17) is 4.74 Å². The molecule has 2 rings (SSSR count). The number of carbonyl (C=O) groups excluding carboxylic acids is 4. The van der Waals surface area contributed by atoms with E-state index in [0.29, 0.717) is 0 Å². The van der Waals surface area contributed by atoms with Crippen LogP contribution in [-0.2, 0) is 19.1 Å². The molecule has 8 heteroatoms. The second kappa shape index (κ2) is 9.87. The van der Waals surface area contributed by atoms with Crippen molar-refractivity contribution < 1.29 is 23.9 Å². The Kier molecular flexibility index (Phi) is 7.54. The van der Waals surface area contributed by atoms with Crippen LogP contribution in [0.15, 0.2) is 30.3 Å². The number of ether oxygens (including phenoxy) is 1. The van der Waals surface area contributed by atoms with Crippen molar-refractivity contribution >= 4 is 23.8 Å². The van der Waals surface area contributed by atoms with Gasteiger partial charge in [0, 0.05) is 19.0 Å². The molecule has 4 amide bonds. The summed E-state index contributed by atoms with van der Waals surface area (Å²) in [6.45, 7) is 5.29. The van der Waals surface area contributed by atoms with E-state index in [1.54, 1.807) is 4.90 Å². The van der Waals surface area contributed by atoms with Crippen LogP contribution >= 0.6 is 0 Å². The Morgan fingerprint density at radius 3 is 2.54 bits per heavy atom. The minimum Gasteiger partial charge on any atom is -0.455 e. The molecule has 2 N–H and O–H groups in total. The van der Waals surface area contributed by atoms with Gasteiger partial charge >= 0.3 is 12.0 Å². The monoisotopic (exact) mass is 389 g/mol. The number of nitrogens with one attached hydrogen (secondary N) is 2. The average Bonchev–Trinajstić information content (AvgIpc) is 3.07. The first-order valence-corrected chi connectivity index (χ1v) is 9.43. The molecule has 0 bridgehead atoms. The van der Waals surface area contributed by atoms with Crippen molar-refractivity contribution in [3.05, 3.63) is 35.9 Å². The van der Waals surface area contributed by atoms with Gasteiger partial charge in [-0.15, -0.1) is 0 Å². The van der Waals surface area contributed by atoms with Crippen LogP contribution in [0, 0.1) is 5.92 Å². The Balaban J connectivity index is 1.81. The van der Waals surface area contributed by atoms with Gasteiger partial charge in [-0.05, 0) is 25.8 Å². The highest BCUT2D eigenvalue weighted by atomic mass is 16.5. The third-order valence-corrected chi connectivity index (χ3v) is 4.83. The highest BCUT2D eigenvalue weighted by Crippen LogP contribution is 2.28. The number of benzene rings is 1. The van der Waals surface area contributed by atoms with Crippen LogP contribution in [0.5, 0.6) is 0 Å².